The first-order chi connectivity index (χ1) is 16.7. The maximum absolute atomic E-state index is 13.1. The van der Waals surface area contributed by atoms with Gasteiger partial charge in [-0.25, -0.2) is 4.79 Å². The van der Waals surface area contributed by atoms with E-state index in [1.165, 1.54) is 12.1 Å². The molecule has 2 amide bonds. The van der Waals surface area contributed by atoms with Crippen molar-refractivity contribution in [1.82, 2.24) is 15.6 Å². The van der Waals surface area contributed by atoms with Crippen LogP contribution in [0.4, 0.5) is 0 Å². The lowest BCUT2D eigenvalue weighted by Crippen LogP contribution is -2.56. The first-order valence-corrected chi connectivity index (χ1v) is 11.6. The Bertz CT molecular complexity index is 1170. The van der Waals surface area contributed by atoms with Crippen molar-refractivity contribution < 1.29 is 24.6 Å². The Balaban J connectivity index is 1.76. The Morgan fingerprint density at radius 1 is 1.00 bits per heavy atom. The number of carbonyl (C=O) groups is 3. The molecule has 0 aliphatic heterocycles. The van der Waals surface area contributed by atoms with Crippen LogP contribution in [-0.2, 0) is 27.2 Å². The Morgan fingerprint density at radius 2 is 1.69 bits per heavy atom. The van der Waals surface area contributed by atoms with Gasteiger partial charge in [-0.15, -0.1) is 0 Å². The van der Waals surface area contributed by atoms with E-state index in [4.69, 9.17) is 5.73 Å². The van der Waals surface area contributed by atoms with Gasteiger partial charge in [0.2, 0.25) is 11.8 Å². The predicted molar refractivity (Wildman–Crippen MR) is 133 cm³/mol. The highest BCUT2D eigenvalue weighted by Crippen LogP contribution is 2.19. The molecule has 35 heavy (non-hydrogen) atoms. The molecule has 0 aliphatic carbocycles. The number of fused-ring (bicyclic) bond motifs is 1. The van der Waals surface area contributed by atoms with Gasteiger partial charge < -0.3 is 31.6 Å². The molecule has 7 N–H and O–H groups in total. The molecule has 2 aromatic carbocycles. The van der Waals surface area contributed by atoms with Crippen molar-refractivity contribution in [2.45, 2.75) is 51.2 Å². The minimum absolute atomic E-state index is 0.0715. The highest BCUT2D eigenvalue weighted by Gasteiger charge is 2.30. The van der Waals surface area contributed by atoms with Crippen LogP contribution < -0.4 is 16.4 Å². The van der Waals surface area contributed by atoms with E-state index in [1.54, 1.807) is 19.1 Å². The number of aliphatic carboxylic acids is 1. The summed E-state index contributed by atoms with van der Waals surface area (Å²) in [6, 6.07) is 10.8. The van der Waals surface area contributed by atoms with E-state index in [0.29, 0.717) is 12.0 Å². The van der Waals surface area contributed by atoms with E-state index in [9.17, 15) is 24.6 Å². The molecule has 4 atom stereocenters. The SMILES string of the molecule is CCC(C)C(NC(=O)C(Cc1ccc(O)cc1)NC(=O)C(N)Cc1c[nH]c2ccccc12)C(=O)O. The third-order valence-electron chi connectivity index (χ3n) is 6.24. The summed E-state index contributed by atoms with van der Waals surface area (Å²) in [5.74, 6) is -2.51. The molecular weight excluding hydrogens is 448 g/mol. The highest BCUT2D eigenvalue weighted by molar-refractivity contribution is 5.92. The fraction of sp³-hybridized carbons (Fsp3) is 0.346. The number of amides is 2. The van der Waals surface area contributed by atoms with Crippen molar-refractivity contribution in [2.75, 3.05) is 0 Å². The van der Waals surface area contributed by atoms with Crippen LogP contribution in [0.5, 0.6) is 5.75 Å². The average Bonchev–Trinajstić information content (AvgIpc) is 3.25. The van der Waals surface area contributed by atoms with Gasteiger partial charge in [-0.05, 0) is 41.7 Å². The largest absolute Gasteiger partial charge is 0.508 e. The lowest BCUT2D eigenvalue weighted by molar-refractivity contribution is -0.143. The number of aromatic amines is 1. The van der Waals surface area contributed by atoms with Gasteiger partial charge in [0.25, 0.3) is 0 Å². The fourth-order valence-electron chi connectivity index (χ4n) is 3.92. The number of aromatic nitrogens is 1. The lowest BCUT2D eigenvalue weighted by Gasteiger charge is -2.25. The van der Waals surface area contributed by atoms with Gasteiger partial charge in [-0.1, -0.05) is 50.6 Å². The third kappa shape index (κ3) is 6.60. The molecule has 9 heteroatoms. The predicted octanol–water partition coefficient (Wildman–Crippen LogP) is 2.09. The second kappa shape index (κ2) is 11.5. The number of carboxylic acid groups (broad SMARTS) is 1. The number of carboxylic acids is 1. The number of H-pyrrole nitrogens is 1. The molecule has 0 saturated heterocycles. The van der Waals surface area contributed by atoms with E-state index in [1.807, 2.05) is 37.4 Å². The van der Waals surface area contributed by atoms with E-state index >= 15 is 0 Å². The van der Waals surface area contributed by atoms with Gasteiger partial charge in [0.1, 0.15) is 17.8 Å². The van der Waals surface area contributed by atoms with Gasteiger partial charge in [0.15, 0.2) is 0 Å². The maximum Gasteiger partial charge on any atom is 0.326 e. The summed E-state index contributed by atoms with van der Waals surface area (Å²) in [5, 5.41) is 25.4. The molecule has 0 bridgehead atoms. The summed E-state index contributed by atoms with van der Waals surface area (Å²) >= 11 is 0. The Hall–Kier alpha value is -3.85. The summed E-state index contributed by atoms with van der Waals surface area (Å²) in [6.07, 6.45) is 2.72. The molecule has 9 nitrogen and oxygen atoms in total. The first kappa shape index (κ1) is 25.8. The summed E-state index contributed by atoms with van der Waals surface area (Å²) in [4.78, 5) is 41.0. The van der Waals surface area contributed by atoms with Crippen LogP contribution in [0.1, 0.15) is 31.4 Å². The van der Waals surface area contributed by atoms with E-state index in [0.717, 1.165) is 16.5 Å². The second-order valence-electron chi connectivity index (χ2n) is 8.81. The molecule has 3 aromatic rings. The molecule has 3 rings (SSSR count). The molecule has 4 unspecified atom stereocenters. The summed E-state index contributed by atoms with van der Waals surface area (Å²) in [6.45, 7) is 3.58. The molecule has 0 aliphatic rings. The monoisotopic (exact) mass is 480 g/mol. The zero-order valence-electron chi connectivity index (χ0n) is 19.8. The van der Waals surface area contributed by atoms with E-state index < -0.39 is 35.9 Å². The normalized spacial score (nSPS) is 14.6. The van der Waals surface area contributed by atoms with E-state index in [-0.39, 0.29) is 24.5 Å². The van der Waals surface area contributed by atoms with E-state index in [2.05, 4.69) is 15.6 Å². The van der Waals surface area contributed by atoms with Crippen molar-refractivity contribution in [2.24, 2.45) is 11.7 Å². The number of hydrogen-bond donors (Lipinski definition) is 6. The Kier molecular flexibility index (Phi) is 8.48. The van der Waals surface area contributed by atoms with Crippen molar-refractivity contribution in [3.8, 4) is 5.75 Å². The summed E-state index contributed by atoms with van der Waals surface area (Å²) in [7, 11) is 0. The smallest absolute Gasteiger partial charge is 0.326 e. The molecular formula is C26H32N4O5. The van der Waals surface area contributed by atoms with Crippen LogP contribution in [0, 0.1) is 5.92 Å². The zero-order valence-corrected chi connectivity index (χ0v) is 19.8. The summed E-state index contributed by atoms with van der Waals surface area (Å²) in [5.41, 5.74) is 8.69. The standard InChI is InChI=1S/C26H32N4O5/c1-3-15(2)23(26(34)35)30-25(33)22(12-16-8-10-18(31)11-9-16)29-24(32)20(27)13-17-14-28-21-7-5-4-6-19(17)21/h4-11,14-15,20,22-23,28,31H,3,12-13,27H2,1-2H3,(H,29,32)(H,30,33)(H,34,35). The minimum atomic E-state index is -1.14. The number of benzene rings is 2. The van der Waals surface area contributed by atoms with Gasteiger partial charge in [0, 0.05) is 23.5 Å². The van der Waals surface area contributed by atoms with Gasteiger partial charge in [0.05, 0.1) is 6.04 Å². The van der Waals surface area contributed by atoms with Crippen LogP contribution in [0.2, 0.25) is 0 Å². The quantitative estimate of drug-likeness (QED) is 0.247. The molecule has 0 radical (unpaired) electrons. The molecule has 186 valence electrons. The van der Waals surface area contributed by atoms with Crippen molar-refractivity contribution in [3.63, 3.8) is 0 Å². The number of phenols is 1. The average molecular weight is 481 g/mol. The van der Waals surface area contributed by atoms with Crippen LogP contribution in [0.25, 0.3) is 10.9 Å². The number of aromatic hydroxyl groups is 1. The number of phenolic OH excluding ortho intramolecular Hbond substituents is 1. The number of nitrogens with two attached hydrogens (primary N) is 1. The molecule has 0 saturated carbocycles. The fourth-order valence-corrected chi connectivity index (χ4v) is 3.92. The topological polar surface area (TPSA) is 158 Å². The van der Waals surface area contributed by atoms with Crippen molar-refractivity contribution >= 4 is 28.7 Å². The second-order valence-corrected chi connectivity index (χ2v) is 8.81. The van der Waals surface area contributed by atoms with Crippen LogP contribution in [0.15, 0.2) is 54.7 Å². The molecule has 1 heterocycles. The maximum atomic E-state index is 13.1. The number of carbonyl (C=O) groups excluding carboxylic acids is 2. The van der Waals surface area contributed by atoms with Crippen LogP contribution >= 0.6 is 0 Å². The molecule has 0 fully saturated rings. The molecule has 0 spiro atoms. The third-order valence-corrected chi connectivity index (χ3v) is 6.24. The van der Waals surface area contributed by atoms with Crippen molar-refractivity contribution in [3.05, 3.63) is 65.9 Å². The first-order valence-electron chi connectivity index (χ1n) is 11.6. The van der Waals surface area contributed by atoms with Crippen molar-refractivity contribution in [1.29, 1.82) is 0 Å². The van der Waals surface area contributed by atoms with Gasteiger partial charge in [-0.2, -0.15) is 0 Å². The number of rotatable bonds is 11. The summed E-state index contributed by atoms with van der Waals surface area (Å²) < 4.78 is 0. The number of hydrogen-bond acceptors (Lipinski definition) is 5. The van der Waals surface area contributed by atoms with Gasteiger partial charge >= 0.3 is 5.97 Å². The van der Waals surface area contributed by atoms with Crippen LogP contribution in [-0.4, -0.2) is 51.1 Å². The zero-order chi connectivity index (χ0) is 25.5. The molecule has 1 aromatic heterocycles. The van der Waals surface area contributed by atoms with Crippen LogP contribution in [0.3, 0.4) is 0 Å². The number of nitrogens with one attached hydrogen (secondary N) is 3. The lowest BCUT2D eigenvalue weighted by atomic mass is 9.98. The highest BCUT2D eigenvalue weighted by atomic mass is 16.4. The van der Waals surface area contributed by atoms with Gasteiger partial charge in [-0.3, -0.25) is 9.59 Å². The number of para-hydroxylation sites is 1. The Labute approximate surface area is 203 Å². The minimum Gasteiger partial charge on any atom is -0.508 e. The Morgan fingerprint density at radius 3 is 2.34 bits per heavy atom.